The van der Waals surface area contributed by atoms with E-state index in [0.29, 0.717) is 22.8 Å². The molecule has 0 aliphatic carbocycles. The molecule has 0 bridgehead atoms. The molecule has 0 saturated carbocycles. The fourth-order valence-corrected chi connectivity index (χ4v) is 3.92. The minimum atomic E-state index is 0. The number of aryl methyl sites for hydroxylation is 2. The van der Waals surface area contributed by atoms with Crippen molar-refractivity contribution in [1.82, 2.24) is 19.4 Å². The average molecular weight is 909 g/mol. The summed E-state index contributed by atoms with van der Waals surface area (Å²) >= 11 is 0. The van der Waals surface area contributed by atoms with Gasteiger partial charge in [-0.25, -0.2) is 23.2 Å². The van der Waals surface area contributed by atoms with Crippen LogP contribution in [0, 0.1) is 63.3 Å². The number of benzene rings is 2. The van der Waals surface area contributed by atoms with E-state index in [1.807, 2.05) is 92.2 Å². The van der Waals surface area contributed by atoms with Crippen LogP contribution >= 0.6 is 0 Å². The van der Waals surface area contributed by atoms with Crippen molar-refractivity contribution in [3.63, 3.8) is 0 Å². The first-order chi connectivity index (χ1) is 19.5. The van der Waals surface area contributed by atoms with Crippen molar-refractivity contribution in [2.45, 2.75) is 13.8 Å². The van der Waals surface area contributed by atoms with Crippen LogP contribution in [0.15, 0.2) is 85.6 Å². The van der Waals surface area contributed by atoms with Crippen molar-refractivity contribution in [2.24, 2.45) is 0 Å². The Hall–Kier alpha value is -3.90. The normalized spacial score (nSPS) is 11.5. The molecular weight excluding hydrogens is 885 g/mol. The van der Waals surface area contributed by atoms with Crippen LogP contribution in [0.1, 0.15) is 11.4 Å². The number of rotatable bonds is 5. The molecule has 0 N–H and O–H groups in total. The Kier molecular flexibility index (Phi) is 11.9. The number of anilines is 1. The van der Waals surface area contributed by atoms with Crippen LogP contribution in [-0.2, 0) is 42.1 Å². The van der Waals surface area contributed by atoms with E-state index < -0.39 is 0 Å². The van der Waals surface area contributed by atoms with Crippen LogP contribution in [0.4, 0.5) is 5.69 Å². The first kappa shape index (κ1) is 32.6. The van der Waals surface area contributed by atoms with Crippen molar-refractivity contribution in [2.75, 3.05) is 11.9 Å². The van der Waals surface area contributed by atoms with Gasteiger partial charge in [0.05, 0.1) is 0 Å². The standard InChI is InChI=1S/C28H20N4O.C6H4N.2Pt/c1-20-27(32-15-14-31(3)19-32)18-28(21(2)30-20)33-25-11-7-10-24(16-25)26-17-23(12-13-29-26)22-8-5-4-6-9-22;1-2-7-5-3-4-6-7;;/h4-8,11-15,19H,1-3H3;3-6H;;/q-6;-1;;+4. The second-order valence-electron chi connectivity index (χ2n) is 8.83. The predicted octanol–water partition coefficient (Wildman–Crippen LogP) is 6.44. The molecular formula is C34H24N5OPt2-3. The molecule has 0 atom stereocenters. The molecule has 0 radical (unpaired) electrons. The smallest absolute Gasteiger partial charge is 0.669 e. The average Bonchev–Trinajstić information content (AvgIpc) is 3.68. The van der Waals surface area contributed by atoms with Gasteiger partial charge in [0.2, 0.25) is 0 Å². The van der Waals surface area contributed by atoms with Crippen LogP contribution in [0.25, 0.3) is 22.4 Å². The largest absolute Gasteiger partial charge is 4.00 e. The molecule has 0 saturated heterocycles. The van der Waals surface area contributed by atoms with Crippen molar-refractivity contribution >= 4 is 5.69 Å². The Morgan fingerprint density at radius 2 is 1.71 bits per heavy atom. The fourth-order valence-electron chi connectivity index (χ4n) is 3.92. The van der Waals surface area contributed by atoms with E-state index in [2.05, 4.69) is 46.3 Å². The van der Waals surface area contributed by atoms with Gasteiger partial charge in [-0.15, -0.1) is 12.1 Å². The summed E-state index contributed by atoms with van der Waals surface area (Å²) < 4.78 is 7.69. The van der Waals surface area contributed by atoms with E-state index in [4.69, 9.17) is 11.2 Å². The molecule has 42 heavy (non-hydrogen) atoms. The van der Waals surface area contributed by atoms with E-state index in [-0.39, 0.29) is 42.1 Å². The van der Waals surface area contributed by atoms with Gasteiger partial charge in [-0.05, 0) is 43.5 Å². The molecule has 0 amide bonds. The molecule has 6 nitrogen and oxygen atoms in total. The van der Waals surface area contributed by atoms with Crippen molar-refractivity contribution in [1.29, 1.82) is 0 Å². The number of aromatic nitrogens is 3. The zero-order chi connectivity index (χ0) is 27.9. The molecule has 5 aromatic rings. The van der Waals surface area contributed by atoms with E-state index in [9.17, 15) is 0 Å². The molecule has 0 fully saturated rings. The van der Waals surface area contributed by atoms with Crippen molar-refractivity contribution in [3.8, 4) is 39.9 Å². The van der Waals surface area contributed by atoms with Crippen LogP contribution < -0.4 is 9.64 Å². The number of pyridine rings is 2. The van der Waals surface area contributed by atoms with E-state index >= 15 is 0 Å². The zero-order valence-electron chi connectivity index (χ0n) is 22.9. The van der Waals surface area contributed by atoms with Gasteiger partial charge < -0.3 is 47.1 Å². The Bertz CT molecular complexity index is 1660. The first-order valence-electron chi connectivity index (χ1n) is 12.5. The Morgan fingerprint density at radius 3 is 2.38 bits per heavy atom. The monoisotopic (exact) mass is 908 g/mol. The minimum absolute atomic E-state index is 0. The van der Waals surface area contributed by atoms with E-state index in [0.717, 1.165) is 28.2 Å². The van der Waals surface area contributed by atoms with Crippen LogP contribution in [0.3, 0.4) is 0 Å². The Morgan fingerprint density at radius 1 is 0.905 bits per heavy atom. The Balaban J connectivity index is 0.000000474. The molecule has 4 heterocycles. The summed E-state index contributed by atoms with van der Waals surface area (Å²) in [7, 11) is 1.97. The third-order valence-corrected chi connectivity index (χ3v) is 5.86. The van der Waals surface area contributed by atoms with Crippen LogP contribution in [-0.4, -0.2) is 26.5 Å². The summed E-state index contributed by atoms with van der Waals surface area (Å²) in [5.41, 5.74) is 5.62. The third-order valence-electron chi connectivity index (χ3n) is 5.86. The molecule has 1 aliphatic heterocycles. The number of hydrogen-bond acceptors (Lipinski definition) is 5. The minimum Gasteiger partial charge on any atom is -0.669 e. The SMILES string of the molecule is Cc1nc(C)c(N2C=CN(C)[CH-]2)[c-]c1Oc1[c-]c(-c2[c-]c(-c3[c-]cccc3)ccn2)[c-]cc1.[C-]#Cn1cccc1.[Pt+4].[Pt]. The topological polar surface area (TPSA) is 46.4 Å². The second kappa shape index (κ2) is 15.4. The van der Waals surface area contributed by atoms with Gasteiger partial charge in [-0.3, -0.25) is 12.1 Å². The molecule has 8 heteroatoms. The zero-order valence-corrected chi connectivity index (χ0v) is 27.5. The quantitative estimate of drug-likeness (QED) is 0.150. The maximum absolute atomic E-state index is 6.57. The third kappa shape index (κ3) is 8.10. The predicted molar refractivity (Wildman–Crippen MR) is 154 cm³/mol. The first-order valence-corrected chi connectivity index (χ1v) is 12.5. The molecule has 2 aromatic carbocycles. The van der Waals surface area contributed by atoms with Crippen molar-refractivity contribution in [3.05, 3.63) is 140 Å². The number of nitrogens with zero attached hydrogens (tertiary/aromatic N) is 5. The summed E-state index contributed by atoms with van der Waals surface area (Å²) in [4.78, 5) is 13.0. The van der Waals surface area contributed by atoms with Crippen LogP contribution in [0.2, 0.25) is 0 Å². The van der Waals surface area contributed by atoms with E-state index in [1.54, 1.807) is 35.3 Å². The molecule has 214 valence electrons. The van der Waals surface area contributed by atoms with Gasteiger partial charge in [-0.1, -0.05) is 31.0 Å². The summed E-state index contributed by atoms with van der Waals surface area (Å²) in [6, 6.07) is 35.5. The summed E-state index contributed by atoms with van der Waals surface area (Å²) in [5.74, 6) is 1.08. The molecule has 0 spiro atoms. The maximum atomic E-state index is 6.57. The van der Waals surface area contributed by atoms with Crippen LogP contribution in [0.5, 0.6) is 11.5 Å². The summed E-state index contributed by atoms with van der Waals surface area (Å²) in [6.45, 7) is 5.83. The maximum Gasteiger partial charge on any atom is 4.00 e. The van der Waals surface area contributed by atoms with Gasteiger partial charge >= 0.3 is 21.1 Å². The summed E-state index contributed by atoms with van der Waals surface area (Å²) in [5, 5.41) is 0. The molecule has 0 unspecified atom stereocenters. The summed E-state index contributed by atoms with van der Waals surface area (Å²) in [6.07, 6.45) is 15.8. The van der Waals surface area contributed by atoms with Gasteiger partial charge in [0, 0.05) is 39.2 Å². The van der Waals surface area contributed by atoms with Crippen molar-refractivity contribution < 1.29 is 46.9 Å². The number of ether oxygens (including phenoxy) is 1. The number of hydrogen-bond donors (Lipinski definition) is 0. The molecule has 6 rings (SSSR count). The second-order valence-corrected chi connectivity index (χ2v) is 8.83. The molecule has 1 aliphatic rings. The molecule has 3 aromatic heterocycles. The van der Waals surface area contributed by atoms with Gasteiger partial charge in [-0.2, -0.15) is 48.8 Å². The van der Waals surface area contributed by atoms with Gasteiger partial charge in [0.25, 0.3) is 0 Å². The van der Waals surface area contributed by atoms with E-state index in [1.165, 1.54) is 0 Å². The Labute approximate surface area is 276 Å². The fraction of sp³-hybridized carbons (Fsp3) is 0.0882. The van der Waals surface area contributed by atoms with Gasteiger partial charge in [0.15, 0.2) is 0 Å². The van der Waals surface area contributed by atoms with Gasteiger partial charge in [0.1, 0.15) is 0 Å².